The third kappa shape index (κ3) is 7.56. The Labute approximate surface area is 128 Å². The Morgan fingerprint density at radius 1 is 0.952 bits per heavy atom. The molecule has 0 amide bonds. The van der Waals surface area contributed by atoms with Crippen molar-refractivity contribution in [3.05, 3.63) is 35.4 Å². The van der Waals surface area contributed by atoms with Gasteiger partial charge in [0.25, 0.3) is 0 Å². The number of hydrogen-bond donors (Lipinski definition) is 1. The fourth-order valence-corrected chi connectivity index (χ4v) is 2.55. The summed E-state index contributed by atoms with van der Waals surface area (Å²) in [5, 5.41) is 3.45. The number of nitrogens with one attached hydrogen (secondary N) is 1. The molecule has 0 saturated heterocycles. The van der Waals surface area contributed by atoms with Crippen LogP contribution < -0.4 is 5.32 Å². The third-order valence-corrected chi connectivity index (χ3v) is 3.91. The second-order valence-electron chi connectivity index (χ2n) is 5.81. The highest BCUT2D eigenvalue weighted by atomic mass is 19.1. The van der Waals surface area contributed by atoms with Gasteiger partial charge in [0.1, 0.15) is 11.6 Å². The Morgan fingerprint density at radius 2 is 1.57 bits per heavy atom. The van der Waals surface area contributed by atoms with Crippen molar-refractivity contribution in [3.8, 4) is 0 Å². The van der Waals surface area contributed by atoms with E-state index < -0.39 is 11.6 Å². The van der Waals surface area contributed by atoms with E-state index in [2.05, 4.69) is 19.2 Å². The van der Waals surface area contributed by atoms with Crippen LogP contribution in [0.3, 0.4) is 0 Å². The van der Waals surface area contributed by atoms with E-state index in [1.54, 1.807) is 0 Å². The number of rotatable bonds is 11. The third-order valence-electron chi connectivity index (χ3n) is 3.91. The quantitative estimate of drug-likeness (QED) is 0.525. The van der Waals surface area contributed by atoms with Crippen LogP contribution in [-0.2, 0) is 6.54 Å². The van der Waals surface area contributed by atoms with Gasteiger partial charge in [-0.15, -0.1) is 0 Å². The molecule has 0 aliphatic heterocycles. The van der Waals surface area contributed by atoms with E-state index in [9.17, 15) is 8.78 Å². The van der Waals surface area contributed by atoms with Crippen molar-refractivity contribution in [1.82, 2.24) is 5.32 Å². The molecular weight excluding hydrogens is 268 g/mol. The fourth-order valence-electron chi connectivity index (χ4n) is 2.55. The van der Waals surface area contributed by atoms with Crippen LogP contribution in [0.5, 0.6) is 0 Å². The minimum Gasteiger partial charge on any atom is -0.310 e. The number of benzene rings is 1. The first-order chi connectivity index (χ1) is 10.2. The van der Waals surface area contributed by atoms with Gasteiger partial charge in [-0.1, -0.05) is 58.4 Å². The van der Waals surface area contributed by atoms with Gasteiger partial charge in [-0.2, -0.15) is 0 Å². The minimum absolute atomic E-state index is 0.438. The SMILES string of the molecule is CCCCCC(CCCCC)NCc1ccc(F)cc1F. The normalized spacial score (nSPS) is 11.3. The Balaban J connectivity index is 2.45. The monoisotopic (exact) mass is 297 g/mol. The van der Waals surface area contributed by atoms with E-state index in [1.807, 2.05) is 0 Å². The lowest BCUT2D eigenvalue weighted by atomic mass is 10.0. The van der Waals surface area contributed by atoms with Gasteiger partial charge < -0.3 is 5.32 Å². The molecule has 21 heavy (non-hydrogen) atoms. The minimum atomic E-state index is -0.515. The molecule has 0 aliphatic rings. The molecule has 1 nitrogen and oxygen atoms in total. The summed E-state index contributed by atoms with van der Waals surface area (Å²) in [5.74, 6) is -0.970. The van der Waals surface area contributed by atoms with Crippen molar-refractivity contribution in [1.29, 1.82) is 0 Å². The Hall–Kier alpha value is -0.960. The van der Waals surface area contributed by atoms with Crippen molar-refractivity contribution in [2.45, 2.75) is 77.8 Å². The molecule has 1 aromatic rings. The van der Waals surface area contributed by atoms with E-state index in [1.165, 1.54) is 50.7 Å². The molecule has 0 atom stereocenters. The van der Waals surface area contributed by atoms with Crippen molar-refractivity contribution in [2.24, 2.45) is 0 Å². The summed E-state index contributed by atoms with van der Waals surface area (Å²) in [6.07, 6.45) is 9.63. The van der Waals surface area contributed by atoms with Crippen molar-refractivity contribution >= 4 is 0 Å². The molecule has 0 spiro atoms. The molecule has 0 fully saturated rings. The van der Waals surface area contributed by atoms with Crippen LogP contribution in [0.4, 0.5) is 8.78 Å². The largest absolute Gasteiger partial charge is 0.310 e. The van der Waals surface area contributed by atoms with Crippen molar-refractivity contribution in [3.63, 3.8) is 0 Å². The van der Waals surface area contributed by atoms with Crippen LogP contribution >= 0.6 is 0 Å². The number of unbranched alkanes of at least 4 members (excludes halogenated alkanes) is 4. The van der Waals surface area contributed by atoms with Crippen LogP contribution in [0.1, 0.15) is 70.8 Å². The average molecular weight is 297 g/mol. The molecule has 1 aromatic carbocycles. The van der Waals surface area contributed by atoms with Gasteiger partial charge in [-0.3, -0.25) is 0 Å². The summed E-state index contributed by atoms with van der Waals surface area (Å²) < 4.78 is 26.5. The first-order valence-electron chi connectivity index (χ1n) is 8.34. The standard InChI is InChI=1S/C18H29F2N/c1-3-5-7-9-17(10-8-6-4-2)21-14-15-11-12-16(19)13-18(15)20/h11-13,17,21H,3-10,14H2,1-2H3. The Kier molecular flexibility index (Phi) is 9.24. The predicted molar refractivity (Wildman–Crippen MR) is 85.3 cm³/mol. The van der Waals surface area contributed by atoms with E-state index in [4.69, 9.17) is 0 Å². The van der Waals surface area contributed by atoms with E-state index >= 15 is 0 Å². The summed E-state index contributed by atoms with van der Waals surface area (Å²) >= 11 is 0. The molecule has 0 unspecified atom stereocenters. The van der Waals surface area contributed by atoms with Crippen LogP contribution in [-0.4, -0.2) is 6.04 Å². The zero-order valence-corrected chi connectivity index (χ0v) is 13.4. The lowest BCUT2D eigenvalue weighted by Gasteiger charge is -2.19. The second-order valence-corrected chi connectivity index (χ2v) is 5.81. The maximum absolute atomic E-state index is 13.6. The van der Waals surface area contributed by atoms with Gasteiger partial charge in [0.2, 0.25) is 0 Å². The molecule has 1 rings (SSSR count). The van der Waals surface area contributed by atoms with Crippen molar-refractivity contribution in [2.75, 3.05) is 0 Å². The molecule has 0 bridgehead atoms. The van der Waals surface area contributed by atoms with Gasteiger partial charge >= 0.3 is 0 Å². The van der Waals surface area contributed by atoms with Gasteiger partial charge in [0.05, 0.1) is 0 Å². The van der Waals surface area contributed by atoms with E-state index in [0.717, 1.165) is 18.9 Å². The molecule has 0 saturated carbocycles. The molecule has 1 N–H and O–H groups in total. The van der Waals surface area contributed by atoms with Gasteiger partial charge in [-0.05, 0) is 18.9 Å². The lowest BCUT2D eigenvalue weighted by molar-refractivity contribution is 0.413. The zero-order chi connectivity index (χ0) is 15.5. The van der Waals surface area contributed by atoms with Crippen LogP contribution in [0, 0.1) is 11.6 Å². The van der Waals surface area contributed by atoms with E-state index in [0.29, 0.717) is 18.2 Å². The number of halogens is 2. The summed E-state index contributed by atoms with van der Waals surface area (Å²) in [4.78, 5) is 0. The van der Waals surface area contributed by atoms with Gasteiger partial charge in [0, 0.05) is 24.2 Å². The first kappa shape index (κ1) is 18.1. The Morgan fingerprint density at radius 3 is 2.10 bits per heavy atom. The molecule has 3 heteroatoms. The topological polar surface area (TPSA) is 12.0 Å². The van der Waals surface area contributed by atoms with Crippen LogP contribution in [0.15, 0.2) is 18.2 Å². The predicted octanol–water partition coefficient (Wildman–Crippen LogP) is 5.58. The maximum atomic E-state index is 13.6. The molecule has 0 heterocycles. The van der Waals surface area contributed by atoms with Crippen molar-refractivity contribution < 1.29 is 8.78 Å². The van der Waals surface area contributed by atoms with Gasteiger partial charge in [0.15, 0.2) is 0 Å². The highest BCUT2D eigenvalue weighted by Crippen LogP contribution is 2.14. The van der Waals surface area contributed by atoms with Gasteiger partial charge in [-0.25, -0.2) is 8.78 Å². The second kappa shape index (κ2) is 10.7. The average Bonchev–Trinajstić information content (AvgIpc) is 2.46. The number of hydrogen-bond acceptors (Lipinski definition) is 1. The summed E-state index contributed by atoms with van der Waals surface area (Å²) in [6, 6.07) is 4.25. The molecule has 120 valence electrons. The maximum Gasteiger partial charge on any atom is 0.130 e. The highest BCUT2D eigenvalue weighted by Gasteiger charge is 2.10. The molecular formula is C18H29F2N. The molecule has 0 aromatic heterocycles. The zero-order valence-electron chi connectivity index (χ0n) is 13.4. The highest BCUT2D eigenvalue weighted by molar-refractivity contribution is 5.18. The summed E-state index contributed by atoms with van der Waals surface area (Å²) in [5.41, 5.74) is 0.549. The molecule has 0 aliphatic carbocycles. The van der Waals surface area contributed by atoms with E-state index in [-0.39, 0.29) is 0 Å². The van der Waals surface area contributed by atoms with Crippen LogP contribution in [0.2, 0.25) is 0 Å². The Bertz CT molecular complexity index is 383. The smallest absolute Gasteiger partial charge is 0.130 e. The summed E-state index contributed by atoms with van der Waals surface area (Å²) in [6.45, 7) is 4.88. The lowest BCUT2D eigenvalue weighted by Crippen LogP contribution is -2.29. The first-order valence-corrected chi connectivity index (χ1v) is 8.34. The van der Waals surface area contributed by atoms with Crippen LogP contribution in [0.25, 0.3) is 0 Å². The molecule has 0 radical (unpaired) electrons. The summed E-state index contributed by atoms with van der Waals surface area (Å²) in [7, 11) is 0. The fraction of sp³-hybridized carbons (Fsp3) is 0.667.